The average molecular weight is 460 g/mol. The van der Waals surface area contributed by atoms with Gasteiger partial charge in [-0.2, -0.15) is 8.42 Å². The third-order valence-electron chi connectivity index (χ3n) is 4.21. The molecule has 172 valence electrons. The quantitative estimate of drug-likeness (QED) is 0.338. The van der Waals surface area contributed by atoms with Gasteiger partial charge in [-0.1, -0.05) is 17.7 Å². The van der Waals surface area contributed by atoms with E-state index in [1.807, 2.05) is 0 Å². The molecule has 0 amide bonds. The first-order valence-electron chi connectivity index (χ1n) is 9.22. The van der Waals surface area contributed by atoms with Gasteiger partial charge < -0.3 is 24.1 Å². The van der Waals surface area contributed by atoms with E-state index >= 15 is 0 Å². The summed E-state index contributed by atoms with van der Waals surface area (Å²) in [5, 5.41) is 10.4. The van der Waals surface area contributed by atoms with Crippen molar-refractivity contribution in [1.82, 2.24) is 0 Å². The van der Waals surface area contributed by atoms with Crippen molar-refractivity contribution in [1.29, 1.82) is 0 Å². The number of aliphatic hydroxyl groups is 1. The highest BCUT2D eigenvalue weighted by atomic mass is 32.2. The average Bonchev–Trinajstić information content (AvgIpc) is 2.65. The van der Waals surface area contributed by atoms with Gasteiger partial charge in [0.1, 0.15) is 12.7 Å². The molecule has 1 fully saturated rings. The van der Waals surface area contributed by atoms with Gasteiger partial charge >= 0.3 is 17.9 Å². The van der Waals surface area contributed by atoms with Crippen LogP contribution in [0.25, 0.3) is 0 Å². The number of hydrogen-bond donors (Lipinski definition) is 1. The van der Waals surface area contributed by atoms with Crippen molar-refractivity contribution < 1.29 is 51.0 Å². The molecule has 1 aromatic carbocycles. The van der Waals surface area contributed by atoms with Gasteiger partial charge in [0, 0.05) is 20.8 Å². The molecule has 1 aromatic rings. The minimum absolute atomic E-state index is 0.210. The molecule has 0 saturated carbocycles. The highest BCUT2D eigenvalue weighted by molar-refractivity contribution is 7.86. The molecule has 5 atom stereocenters. The van der Waals surface area contributed by atoms with Crippen LogP contribution >= 0.6 is 0 Å². The number of rotatable bonds is 7. The Morgan fingerprint density at radius 3 is 2.00 bits per heavy atom. The Hall–Kier alpha value is -2.54. The number of ether oxygens (including phenoxy) is 4. The van der Waals surface area contributed by atoms with E-state index < -0.39 is 65.3 Å². The first-order valence-corrected chi connectivity index (χ1v) is 10.6. The summed E-state index contributed by atoms with van der Waals surface area (Å²) < 4.78 is 51.0. The Bertz CT molecular complexity index is 909. The van der Waals surface area contributed by atoms with Gasteiger partial charge in [-0.05, 0) is 19.1 Å². The largest absolute Gasteiger partial charge is 0.463 e. The second kappa shape index (κ2) is 10.2. The Labute approximate surface area is 179 Å². The second-order valence-electron chi connectivity index (χ2n) is 6.84. The molecule has 31 heavy (non-hydrogen) atoms. The Morgan fingerprint density at radius 2 is 1.48 bits per heavy atom. The smallest absolute Gasteiger partial charge is 0.303 e. The van der Waals surface area contributed by atoms with E-state index in [9.17, 15) is 27.9 Å². The molecule has 5 unspecified atom stereocenters. The number of benzene rings is 1. The zero-order valence-corrected chi connectivity index (χ0v) is 18.2. The molecular formula is C19H24O11S. The zero-order valence-electron chi connectivity index (χ0n) is 17.3. The van der Waals surface area contributed by atoms with Crippen LogP contribution in [0.3, 0.4) is 0 Å². The summed E-state index contributed by atoms with van der Waals surface area (Å²) in [6.07, 6.45) is -7.95. The molecule has 0 spiro atoms. The third kappa shape index (κ3) is 6.72. The van der Waals surface area contributed by atoms with Crippen LogP contribution in [0.5, 0.6) is 0 Å². The Morgan fingerprint density at radius 1 is 0.935 bits per heavy atom. The first-order chi connectivity index (χ1) is 14.4. The van der Waals surface area contributed by atoms with Gasteiger partial charge in [-0.25, -0.2) is 0 Å². The van der Waals surface area contributed by atoms with Gasteiger partial charge in [0.25, 0.3) is 10.1 Å². The highest BCUT2D eigenvalue weighted by Crippen LogP contribution is 2.30. The molecular weight excluding hydrogens is 436 g/mol. The second-order valence-corrected chi connectivity index (χ2v) is 8.42. The fourth-order valence-corrected chi connectivity index (χ4v) is 3.98. The molecule has 1 N–H and O–H groups in total. The van der Waals surface area contributed by atoms with Gasteiger partial charge in [-0.15, -0.1) is 0 Å². The van der Waals surface area contributed by atoms with Gasteiger partial charge in [-0.3, -0.25) is 18.6 Å². The van der Waals surface area contributed by atoms with Crippen molar-refractivity contribution in [3.05, 3.63) is 29.8 Å². The van der Waals surface area contributed by atoms with Crippen molar-refractivity contribution in [3.63, 3.8) is 0 Å². The summed E-state index contributed by atoms with van der Waals surface area (Å²) in [4.78, 5) is 34.2. The van der Waals surface area contributed by atoms with Crippen LogP contribution in [0.4, 0.5) is 0 Å². The molecule has 1 heterocycles. The number of esters is 3. The van der Waals surface area contributed by atoms with Gasteiger partial charge in [0.05, 0.1) is 4.90 Å². The van der Waals surface area contributed by atoms with Crippen molar-refractivity contribution >= 4 is 28.0 Å². The Balaban J connectivity index is 2.39. The minimum Gasteiger partial charge on any atom is -0.463 e. The molecule has 1 aliphatic rings. The van der Waals surface area contributed by atoms with E-state index in [4.69, 9.17) is 23.1 Å². The Kier molecular flexibility index (Phi) is 8.12. The maximum atomic E-state index is 12.7. The summed E-state index contributed by atoms with van der Waals surface area (Å²) >= 11 is 0. The molecule has 0 aromatic heterocycles. The number of carbonyl (C=O) groups is 3. The van der Waals surface area contributed by atoms with Crippen LogP contribution in [0.15, 0.2) is 29.2 Å². The lowest BCUT2D eigenvalue weighted by Crippen LogP contribution is -2.62. The van der Waals surface area contributed by atoms with Crippen LogP contribution in [-0.4, -0.2) is 68.7 Å². The molecule has 0 bridgehead atoms. The summed E-state index contributed by atoms with van der Waals surface area (Å²) in [6, 6.07) is 5.69. The van der Waals surface area contributed by atoms with Crippen LogP contribution in [0, 0.1) is 6.92 Å². The van der Waals surface area contributed by atoms with E-state index in [0.29, 0.717) is 0 Å². The number of carbonyl (C=O) groups excluding carboxylic acids is 3. The van der Waals surface area contributed by atoms with Crippen molar-refractivity contribution in [3.8, 4) is 0 Å². The van der Waals surface area contributed by atoms with E-state index in [1.165, 1.54) is 12.1 Å². The topological polar surface area (TPSA) is 152 Å². The van der Waals surface area contributed by atoms with Crippen LogP contribution < -0.4 is 0 Å². The fourth-order valence-electron chi connectivity index (χ4n) is 2.90. The number of aryl methyl sites for hydroxylation is 1. The lowest BCUT2D eigenvalue weighted by molar-refractivity contribution is -0.287. The van der Waals surface area contributed by atoms with E-state index in [-0.39, 0.29) is 4.90 Å². The highest BCUT2D eigenvalue weighted by Gasteiger charge is 2.52. The molecule has 11 nitrogen and oxygen atoms in total. The predicted molar refractivity (Wildman–Crippen MR) is 102 cm³/mol. The monoisotopic (exact) mass is 460 g/mol. The maximum absolute atomic E-state index is 12.7. The fraction of sp³-hybridized carbons (Fsp3) is 0.526. The van der Waals surface area contributed by atoms with Gasteiger partial charge in [0.2, 0.25) is 0 Å². The van der Waals surface area contributed by atoms with Crippen molar-refractivity contribution in [2.24, 2.45) is 0 Å². The molecule has 1 saturated heterocycles. The lowest BCUT2D eigenvalue weighted by Gasteiger charge is -2.42. The van der Waals surface area contributed by atoms with E-state index in [1.54, 1.807) is 19.1 Å². The van der Waals surface area contributed by atoms with Crippen LogP contribution in [0.1, 0.15) is 26.3 Å². The van der Waals surface area contributed by atoms with Crippen LogP contribution in [0.2, 0.25) is 0 Å². The lowest BCUT2D eigenvalue weighted by atomic mass is 9.98. The van der Waals surface area contributed by atoms with Crippen LogP contribution in [-0.2, 0) is 47.6 Å². The molecule has 0 aliphatic carbocycles. The number of aliphatic hydroxyl groups excluding tert-OH is 1. The minimum atomic E-state index is -4.43. The summed E-state index contributed by atoms with van der Waals surface area (Å²) in [6.45, 7) is 4.54. The molecule has 12 heteroatoms. The normalized spacial score (nSPS) is 26.0. The maximum Gasteiger partial charge on any atom is 0.303 e. The summed E-state index contributed by atoms with van der Waals surface area (Å²) in [7, 11) is -4.43. The van der Waals surface area contributed by atoms with Crippen molar-refractivity contribution in [2.75, 3.05) is 6.61 Å². The molecule has 0 radical (unpaired) electrons. The number of hydrogen-bond acceptors (Lipinski definition) is 11. The molecule has 2 rings (SSSR count). The standard InChI is InChI=1S/C19H24O11S/c1-10-5-7-14(8-6-10)31(24,25)30-18-17(28-13(4)22)16(27-12(3)21)15(29-19(18)23)9-26-11(2)20/h5-8,15-19,23H,9H2,1-4H3. The van der Waals surface area contributed by atoms with E-state index in [0.717, 1.165) is 26.3 Å². The summed E-state index contributed by atoms with van der Waals surface area (Å²) in [5.74, 6) is -2.34. The SMILES string of the molecule is CC(=O)OCC1OC(O)C(OS(=O)(=O)c2ccc(C)cc2)C(OC(C)=O)C1OC(C)=O. The van der Waals surface area contributed by atoms with Crippen molar-refractivity contribution in [2.45, 2.75) is 63.3 Å². The summed E-state index contributed by atoms with van der Waals surface area (Å²) in [5.41, 5.74) is 0.806. The molecule has 1 aliphatic heterocycles. The van der Waals surface area contributed by atoms with Gasteiger partial charge in [0.15, 0.2) is 24.6 Å². The third-order valence-corrected chi connectivity index (χ3v) is 5.54. The first kappa shape index (κ1) is 24.7. The predicted octanol–water partition coefficient (Wildman–Crippen LogP) is 0.213. The van der Waals surface area contributed by atoms with E-state index in [2.05, 4.69) is 0 Å². The zero-order chi connectivity index (χ0) is 23.3.